The molecule has 33 heavy (non-hydrogen) atoms. The van der Waals surface area contributed by atoms with Crippen molar-refractivity contribution in [3.05, 3.63) is 57.6 Å². The van der Waals surface area contributed by atoms with Crippen molar-refractivity contribution in [1.29, 1.82) is 0 Å². The molecule has 1 atom stereocenters. The first kappa shape index (κ1) is 26.8. The van der Waals surface area contributed by atoms with Crippen LogP contribution in [0.5, 0.6) is 11.5 Å². The van der Waals surface area contributed by atoms with Gasteiger partial charge in [-0.2, -0.15) is 0 Å². The average molecular weight is 495 g/mol. The van der Waals surface area contributed by atoms with Crippen LogP contribution in [0.2, 0.25) is 10.0 Å². The van der Waals surface area contributed by atoms with Crippen LogP contribution in [-0.2, 0) is 22.6 Å². The van der Waals surface area contributed by atoms with Gasteiger partial charge in [-0.05, 0) is 69.5 Å². The molecule has 1 N–H and O–H groups in total. The molecule has 180 valence electrons. The van der Waals surface area contributed by atoms with Gasteiger partial charge in [-0.3, -0.25) is 9.59 Å². The summed E-state index contributed by atoms with van der Waals surface area (Å²) < 4.78 is 10.6. The summed E-state index contributed by atoms with van der Waals surface area (Å²) in [5.74, 6) is 0.837. The highest BCUT2D eigenvalue weighted by atomic mass is 35.5. The summed E-state index contributed by atoms with van der Waals surface area (Å²) >= 11 is 12.4. The predicted molar refractivity (Wildman–Crippen MR) is 132 cm³/mol. The number of amides is 2. The van der Waals surface area contributed by atoms with Gasteiger partial charge >= 0.3 is 0 Å². The molecule has 0 aliphatic heterocycles. The van der Waals surface area contributed by atoms with Crippen LogP contribution in [0.4, 0.5) is 0 Å². The van der Waals surface area contributed by atoms with Crippen molar-refractivity contribution < 1.29 is 19.1 Å². The molecule has 0 spiro atoms. The van der Waals surface area contributed by atoms with Crippen molar-refractivity contribution in [3.8, 4) is 11.5 Å². The Morgan fingerprint density at radius 2 is 1.70 bits per heavy atom. The molecule has 0 saturated carbocycles. The second-order valence-electron chi connectivity index (χ2n) is 8.86. The van der Waals surface area contributed by atoms with E-state index in [0.29, 0.717) is 28.0 Å². The van der Waals surface area contributed by atoms with Crippen LogP contribution in [0.1, 0.15) is 45.2 Å². The fourth-order valence-corrected chi connectivity index (χ4v) is 3.79. The van der Waals surface area contributed by atoms with Crippen molar-refractivity contribution >= 4 is 35.0 Å². The highest BCUT2D eigenvalue weighted by Crippen LogP contribution is 2.28. The summed E-state index contributed by atoms with van der Waals surface area (Å²) in [7, 11) is 3.14. The zero-order chi connectivity index (χ0) is 24.8. The molecule has 0 fully saturated rings. The highest BCUT2D eigenvalue weighted by molar-refractivity contribution is 6.35. The SMILES string of the molecule is COc1ccc(CCC(=O)N(Cc2ccc(Cl)cc2Cl)C(C)C(=O)NC(C)(C)C)cc1OC. The van der Waals surface area contributed by atoms with Gasteiger partial charge in [0.2, 0.25) is 11.8 Å². The van der Waals surface area contributed by atoms with E-state index in [1.54, 1.807) is 44.2 Å². The fraction of sp³-hybridized carbons (Fsp3) is 0.440. The molecule has 0 saturated heterocycles. The number of benzene rings is 2. The molecular formula is C25H32Cl2N2O4. The minimum atomic E-state index is -0.686. The number of carbonyl (C=O) groups is 2. The second kappa shape index (κ2) is 11.6. The van der Waals surface area contributed by atoms with E-state index < -0.39 is 11.6 Å². The third-order valence-corrected chi connectivity index (χ3v) is 5.68. The Labute approximate surface area is 206 Å². The standard InChI is InChI=1S/C25H32Cl2N2O4/c1-16(24(31)28-25(2,3)4)29(15-18-9-10-19(26)14-20(18)27)23(30)12-8-17-7-11-21(32-5)22(13-17)33-6/h7,9-11,13-14,16H,8,12,15H2,1-6H3,(H,28,31). The number of nitrogens with one attached hydrogen (secondary N) is 1. The summed E-state index contributed by atoms with van der Waals surface area (Å²) in [5.41, 5.74) is 1.23. The van der Waals surface area contributed by atoms with E-state index in [0.717, 1.165) is 11.1 Å². The summed E-state index contributed by atoms with van der Waals surface area (Å²) in [6.07, 6.45) is 0.700. The Hall–Kier alpha value is -2.44. The number of hydrogen-bond acceptors (Lipinski definition) is 4. The van der Waals surface area contributed by atoms with Crippen LogP contribution in [-0.4, -0.2) is 42.5 Å². The molecule has 0 radical (unpaired) electrons. The maximum Gasteiger partial charge on any atom is 0.242 e. The molecule has 0 aliphatic carbocycles. The van der Waals surface area contributed by atoms with E-state index in [4.69, 9.17) is 32.7 Å². The van der Waals surface area contributed by atoms with Crippen LogP contribution in [0, 0.1) is 0 Å². The molecule has 6 nitrogen and oxygen atoms in total. The van der Waals surface area contributed by atoms with Crippen molar-refractivity contribution in [1.82, 2.24) is 10.2 Å². The number of aryl methyl sites for hydroxylation is 1. The maximum atomic E-state index is 13.3. The zero-order valence-corrected chi connectivity index (χ0v) is 21.5. The van der Waals surface area contributed by atoms with Crippen LogP contribution in [0.15, 0.2) is 36.4 Å². The number of methoxy groups -OCH3 is 2. The van der Waals surface area contributed by atoms with Gasteiger partial charge in [0.1, 0.15) is 6.04 Å². The van der Waals surface area contributed by atoms with E-state index in [1.807, 2.05) is 39.0 Å². The minimum absolute atomic E-state index is 0.160. The zero-order valence-electron chi connectivity index (χ0n) is 20.0. The second-order valence-corrected chi connectivity index (χ2v) is 9.71. The first-order chi connectivity index (χ1) is 15.4. The van der Waals surface area contributed by atoms with Gasteiger partial charge < -0.3 is 19.7 Å². The molecule has 2 rings (SSSR count). The predicted octanol–water partition coefficient (Wildman–Crippen LogP) is 5.28. The van der Waals surface area contributed by atoms with Gasteiger partial charge in [0, 0.05) is 28.5 Å². The van der Waals surface area contributed by atoms with Gasteiger partial charge in [-0.15, -0.1) is 0 Å². The van der Waals surface area contributed by atoms with Gasteiger partial charge in [-0.25, -0.2) is 0 Å². The third kappa shape index (κ3) is 7.83. The van der Waals surface area contributed by atoms with Crippen LogP contribution in [0.25, 0.3) is 0 Å². The Kier molecular flexibility index (Phi) is 9.44. The van der Waals surface area contributed by atoms with Crippen molar-refractivity contribution in [2.75, 3.05) is 14.2 Å². The van der Waals surface area contributed by atoms with Gasteiger partial charge in [0.25, 0.3) is 0 Å². The van der Waals surface area contributed by atoms with E-state index in [2.05, 4.69) is 5.32 Å². The van der Waals surface area contributed by atoms with Crippen molar-refractivity contribution in [3.63, 3.8) is 0 Å². The van der Waals surface area contributed by atoms with Crippen LogP contribution in [0.3, 0.4) is 0 Å². The van der Waals surface area contributed by atoms with E-state index in [9.17, 15) is 9.59 Å². The van der Waals surface area contributed by atoms with Crippen LogP contribution >= 0.6 is 23.2 Å². The molecule has 8 heteroatoms. The fourth-order valence-electron chi connectivity index (χ4n) is 3.32. The normalized spacial score (nSPS) is 12.1. The molecule has 2 amide bonds. The number of hydrogen-bond donors (Lipinski definition) is 1. The molecule has 2 aromatic rings. The monoisotopic (exact) mass is 494 g/mol. The Morgan fingerprint density at radius 3 is 2.27 bits per heavy atom. The summed E-state index contributed by atoms with van der Waals surface area (Å²) in [6.45, 7) is 7.61. The quantitative estimate of drug-likeness (QED) is 0.515. The minimum Gasteiger partial charge on any atom is -0.493 e. The number of rotatable bonds is 9. The molecule has 2 aromatic carbocycles. The van der Waals surface area contributed by atoms with Crippen molar-refractivity contribution in [2.45, 2.75) is 58.7 Å². The van der Waals surface area contributed by atoms with E-state index in [1.165, 1.54) is 0 Å². The average Bonchev–Trinajstić information content (AvgIpc) is 2.75. The molecule has 0 bridgehead atoms. The topological polar surface area (TPSA) is 67.9 Å². The first-order valence-corrected chi connectivity index (χ1v) is 11.5. The van der Waals surface area contributed by atoms with Gasteiger partial charge in [-0.1, -0.05) is 35.3 Å². The summed E-state index contributed by atoms with van der Waals surface area (Å²) in [6, 6.07) is 9.98. The Balaban J connectivity index is 2.24. The van der Waals surface area contributed by atoms with Crippen molar-refractivity contribution in [2.24, 2.45) is 0 Å². The maximum absolute atomic E-state index is 13.3. The molecular weight excluding hydrogens is 463 g/mol. The lowest BCUT2D eigenvalue weighted by Crippen LogP contribution is -2.52. The number of nitrogens with zero attached hydrogens (tertiary/aromatic N) is 1. The smallest absolute Gasteiger partial charge is 0.242 e. The van der Waals surface area contributed by atoms with E-state index in [-0.39, 0.29) is 24.8 Å². The lowest BCUT2D eigenvalue weighted by Gasteiger charge is -2.31. The lowest BCUT2D eigenvalue weighted by atomic mass is 10.1. The van der Waals surface area contributed by atoms with E-state index >= 15 is 0 Å². The van der Waals surface area contributed by atoms with Gasteiger partial charge in [0.15, 0.2) is 11.5 Å². The van der Waals surface area contributed by atoms with Crippen LogP contribution < -0.4 is 14.8 Å². The molecule has 0 aromatic heterocycles. The molecule has 1 unspecified atom stereocenters. The molecule has 0 aliphatic rings. The number of ether oxygens (including phenoxy) is 2. The Bertz CT molecular complexity index is 989. The number of halogens is 2. The summed E-state index contributed by atoms with van der Waals surface area (Å²) in [4.78, 5) is 27.7. The summed E-state index contributed by atoms with van der Waals surface area (Å²) in [5, 5.41) is 3.90. The Morgan fingerprint density at radius 1 is 1.03 bits per heavy atom. The number of carbonyl (C=O) groups excluding carboxylic acids is 2. The lowest BCUT2D eigenvalue weighted by molar-refractivity contribution is -0.141. The highest BCUT2D eigenvalue weighted by Gasteiger charge is 2.28. The molecule has 0 heterocycles. The largest absolute Gasteiger partial charge is 0.493 e. The first-order valence-electron chi connectivity index (χ1n) is 10.7. The third-order valence-electron chi connectivity index (χ3n) is 5.10. The van der Waals surface area contributed by atoms with Gasteiger partial charge in [0.05, 0.1) is 14.2 Å².